The second-order valence-corrected chi connectivity index (χ2v) is 8.23. The monoisotopic (exact) mass is 469 g/mol. The standard InChI is InChI=1S/C26H29F2N3O3/c1-26(27,28)20-6-5-7-21(16-20)30-10-12-31(13-11-30)24-9-8-18(17-29-24)19-14-22(32-2)25(34-4)23(15-19)33-3/h5-9,14-17H,10-13H2,1-4H3. The molecule has 2 heterocycles. The van der Waals surface area contributed by atoms with Crippen LogP contribution in [0.1, 0.15) is 12.5 Å². The summed E-state index contributed by atoms with van der Waals surface area (Å²) >= 11 is 0. The summed E-state index contributed by atoms with van der Waals surface area (Å²) in [5.74, 6) is -0.250. The Labute approximate surface area is 198 Å². The number of anilines is 2. The summed E-state index contributed by atoms with van der Waals surface area (Å²) < 4.78 is 43.7. The second-order valence-electron chi connectivity index (χ2n) is 8.23. The first-order valence-corrected chi connectivity index (χ1v) is 11.1. The molecule has 1 fully saturated rings. The lowest BCUT2D eigenvalue weighted by Gasteiger charge is -2.37. The number of ether oxygens (including phenoxy) is 3. The number of hydrogen-bond acceptors (Lipinski definition) is 6. The Kier molecular flexibility index (Phi) is 6.77. The predicted molar refractivity (Wildman–Crippen MR) is 130 cm³/mol. The SMILES string of the molecule is COc1cc(-c2ccc(N3CCN(c4cccc(C(C)(F)F)c4)CC3)nc2)cc(OC)c1OC. The molecule has 0 radical (unpaired) electrons. The van der Waals surface area contributed by atoms with Gasteiger partial charge in [-0.15, -0.1) is 0 Å². The second kappa shape index (κ2) is 9.75. The van der Waals surface area contributed by atoms with Crippen LogP contribution in [0.25, 0.3) is 11.1 Å². The number of methoxy groups -OCH3 is 3. The Hall–Kier alpha value is -3.55. The summed E-state index contributed by atoms with van der Waals surface area (Å²) in [6.07, 6.45) is 1.83. The average Bonchev–Trinajstić information content (AvgIpc) is 2.87. The van der Waals surface area contributed by atoms with Crippen molar-refractivity contribution in [1.82, 2.24) is 4.98 Å². The van der Waals surface area contributed by atoms with Crippen LogP contribution in [-0.2, 0) is 5.92 Å². The number of aromatic nitrogens is 1. The highest BCUT2D eigenvalue weighted by Gasteiger charge is 2.26. The van der Waals surface area contributed by atoms with Crippen LogP contribution in [0.4, 0.5) is 20.3 Å². The van der Waals surface area contributed by atoms with Crippen LogP contribution in [-0.4, -0.2) is 52.5 Å². The average molecular weight is 470 g/mol. The molecule has 3 aromatic rings. The summed E-state index contributed by atoms with van der Waals surface area (Å²) in [5.41, 5.74) is 2.70. The van der Waals surface area contributed by atoms with Crippen molar-refractivity contribution in [2.75, 3.05) is 57.3 Å². The van der Waals surface area contributed by atoms with E-state index in [4.69, 9.17) is 14.2 Å². The third-order valence-corrected chi connectivity index (χ3v) is 6.07. The largest absolute Gasteiger partial charge is 0.493 e. The number of rotatable bonds is 7. The molecule has 1 saturated heterocycles. The highest BCUT2D eigenvalue weighted by molar-refractivity contribution is 5.71. The molecule has 34 heavy (non-hydrogen) atoms. The van der Waals surface area contributed by atoms with Gasteiger partial charge in [0.2, 0.25) is 5.75 Å². The first kappa shape index (κ1) is 23.6. The van der Waals surface area contributed by atoms with Crippen molar-refractivity contribution in [2.24, 2.45) is 0 Å². The molecule has 180 valence electrons. The van der Waals surface area contributed by atoms with E-state index in [1.54, 1.807) is 33.5 Å². The van der Waals surface area contributed by atoms with Gasteiger partial charge in [-0.2, -0.15) is 0 Å². The van der Waals surface area contributed by atoms with Gasteiger partial charge in [0, 0.05) is 56.1 Å². The lowest BCUT2D eigenvalue weighted by molar-refractivity contribution is 0.0175. The molecule has 1 aliphatic heterocycles. The number of alkyl halides is 2. The highest BCUT2D eigenvalue weighted by Crippen LogP contribution is 2.41. The van der Waals surface area contributed by atoms with Gasteiger partial charge >= 0.3 is 0 Å². The van der Waals surface area contributed by atoms with Gasteiger partial charge < -0.3 is 24.0 Å². The molecule has 2 aromatic carbocycles. The van der Waals surface area contributed by atoms with Gasteiger partial charge in [-0.25, -0.2) is 13.8 Å². The Morgan fingerprint density at radius 2 is 1.44 bits per heavy atom. The van der Waals surface area contributed by atoms with Gasteiger partial charge in [-0.3, -0.25) is 0 Å². The molecule has 4 rings (SSSR count). The zero-order chi connectivity index (χ0) is 24.3. The summed E-state index contributed by atoms with van der Waals surface area (Å²) in [7, 11) is 4.75. The normalized spacial score (nSPS) is 14.2. The van der Waals surface area contributed by atoms with Gasteiger partial charge in [-0.1, -0.05) is 12.1 Å². The zero-order valence-electron chi connectivity index (χ0n) is 19.8. The summed E-state index contributed by atoms with van der Waals surface area (Å²) in [5, 5.41) is 0. The van der Waals surface area contributed by atoms with E-state index in [9.17, 15) is 8.78 Å². The van der Waals surface area contributed by atoms with Crippen LogP contribution in [0.2, 0.25) is 0 Å². The maximum atomic E-state index is 13.7. The van der Waals surface area contributed by atoms with Crippen molar-refractivity contribution in [2.45, 2.75) is 12.8 Å². The molecule has 6 nitrogen and oxygen atoms in total. The molecule has 8 heteroatoms. The summed E-state index contributed by atoms with van der Waals surface area (Å²) in [6.45, 7) is 3.90. The van der Waals surface area contributed by atoms with E-state index in [2.05, 4.69) is 14.8 Å². The van der Waals surface area contributed by atoms with Crippen LogP contribution in [0, 0.1) is 0 Å². The lowest BCUT2D eigenvalue weighted by atomic mass is 10.1. The fourth-order valence-electron chi connectivity index (χ4n) is 4.16. The predicted octanol–water partition coefficient (Wildman–Crippen LogP) is 5.21. The minimum atomic E-state index is -2.85. The van der Waals surface area contributed by atoms with Crippen molar-refractivity contribution < 1.29 is 23.0 Å². The van der Waals surface area contributed by atoms with Crippen LogP contribution < -0.4 is 24.0 Å². The third-order valence-electron chi connectivity index (χ3n) is 6.07. The smallest absolute Gasteiger partial charge is 0.270 e. The van der Waals surface area contributed by atoms with Crippen molar-refractivity contribution in [3.8, 4) is 28.4 Å². The van der Waals surface area contributed by atoms with E-state index in [0.717, 1.165) is 55.7 Å². The van der Waals surface area contributed by atoms with E-state index in [1.165, 1.54) is 6.07 Å². The van der Waals surface area contributed by atoms with Crippen LogP contribution in [0.5, 0.6) is 17.2 Å². The molecule has 0 atom stereocenters. The highest BCUT2D eigenvalue weighted by atomic mass is 19.3. The maximum absolute atomic E-state index is 13.7. The summed E-state index contributed by atoms with van der Waals surface area (Å²) in [6, 6.07) is 14.4. The van der Waals surface area contributed by atoms with Crippen molar-refractivity contribution in [3.05, 3.63) is 60.3 Å². The van der Waals surface area contributed by atoms with Crippen molar-refractivity contribution in [3.63, 3.8) is 0 Å². The molecular weight excluding hydrogens is 440 g/mol. The Balaban J connectivity index is 1.46. The molecule has 0 spiro atoms. The first-order chi connectivity index (χ1) is 16.3. The van der Waals surface area contributed by atoms with Gasteiger partial charge in [0.05, 0.1) is 21.3 Å². The lowest BCUT2D eigenvalue weighted by Crippen LogP contribution is -2.46. The minimum absolute atomic E-state index is 0.0384. The quantitative estimate of drug-likeness (QED) is 0.473. The van der Waals surface area contributed by atoms with Crippen molar-refractivity contribution in [1.29, 1.82) is 0 Å². The van der Waals surface area contributed by atoms with E-state index in [-0.39, 0.29) is 5.56 Å². The van der Waals surface area contributed by atoms with Crippen LogP contribution >= 0.6 is 0 Å². The van der Waals surface area contributed by atoms with E-state index >= 15 is 0 Å². The fraction of sp³-hybridized carbons (Fsp3) is 0.346. The molecule has 0 amide bonds. The molecule has 0 aliphatic carbocycles. The number of nitrogens with zero attached hydrogens (tertiary/aromatic N) is 3. The maximum Gasteiger partial charge on any atom is 0.270 e. The van der Waals surface area contributed by atoms with E-state index in [1.807, 2.05) is 36.5 Å². The van der Waals surface area contributed by atoms with Gasteiger partial charge in [0.15, 0.2) is 11.5 Å². The first-order valence-electron chi connectivity index (χ1n) is 11.1. The fourth-order valence-corrected chi connectivity index (χ4v) is 4.16. The Bertz CT molecular complexity index is 1100. The van der Waals surface area contributed by atoms with Crippen molar-refractivity contribution >= 4 is 11.5 Å². The van der Waals surface area contributed by atoms with Gasteiger partial charge in [0.25, 0.3) is 5.92 Å². The number of pyridine rings is 1. The van der Waals surface area contributed by atoms with E-state index < -0.39 is 5.92 Å². The third kappa shape index (κ3) is 4.85. The topological polar surface area (TPSA) is 47.1 Å². The number of halogens is 2. The van der Waals surface area contributed by atoms with E-state index in [0.29, 0.717) is 17.2 Å². The number of hydrogen-bond donors (Lipinski definition) is 0. The van der Waals surface area contributed by atoms with Crippen LogP contribution in [0.15, 0.2) is 54.7 Å². The number of benzene rings is 2. The molecule has 0 bridgehead atoms. The molecule has 0 saturated carbocycles. The van der Waals surface area contributed by atoms with Crippen LogP contribution in [0.3, 0.4) is 0 Å². The molecule has 0 N–H and O–H groups in total. The molecular formula is C26H29F2N3O3. The zero-order valence-corrected chi connectivity index (χ0v) is 19.8. The Morgan fingerprint density at radius 3 is 1.97 bits per heavy atom. The molecule has 1 aromatic heterocycles. The molecule has 1 aliphatic rings. The minimum Gasteiger partial charge on any atom is -0.493 e. The summed E-state index contributed by atoms with van der Waals surface area (Å²) in [4.78, 5) is 9.01. The van der Waals surface area contributed by atoms with Gasteiger partial charge in [0.1, 0.15) is 5.82 Å². The number of piperazine rings is 1. The molecule has 0 unspecified atom stereocenters. The Morgan fingerprint density at radius 1 is 0.794 bits per heavy atom. The van der Waals surface area contributed by atoms with Gasteiger partial charge in [-0.05, 0) is 42.0 Å².